The number of nitrogens with two attached hydrogens (primary N) is 1. The highest BCUT2D eigenvalue weighted by Gasteiger charge is 2.46. The maximum atomic E-state index is 14.4. The molecule has 286 valence electrons. The van der Waals surface area contributed by atoms with E-state index < -0.39 is 64.3 Å². The lowest BCUT2D eigenvalue weighted by Gasteiger charge is -2.37. The summed E-state index contributed by atoms with van der Waals surface area (Å²) in [5, 5.41) is 13.3. The number of allylic oxidation sites excluding steroid dienone is 1. The summed E-state index contributed by atoms with van der Waals surface area (Å²) in [6.07, 6.45) is 6.23. The van der Waals surface area contributed by atoms with Gasteiger partial charge < -0.3 is 31.5 Å². The fourth-order valence-electron chi connectivity index (χ4n) is 5.83. The van der Waals surface area contributed by atoms with Gasteiger partial charge in [-0.15, -0.1) is 11.3 Å². The van der Waals surface area contributed by atoms with Crippen molar-refractivity contribution in [2.45, 2.75) is 119 Å². The standard InChI is InChI=1S/C35H63N7O7S/c1-11-13-15-25(28(43)31(45)37-17-12-2)39-30(44)27-24(21-23(3)4)16-20-42(27)32(46)29(35(8,9)10)41-33(47)40-26(34(5,6)7)22-36-18-14-19-38-50(48)49/h12,21,24-27,29,36H,2,11,13-20,22H2,1,3-10H3,(H,37,45)(H,39,44)(H2,38,48,49)(H2,40,41,47)/p+2/t24-,25?,26-,27?,29-/m1/s1. The lowest BCUT2D eigenvalue weighted by atomic mass is 9.85. The fourth-order valence-corrected chi connectivity index (χ4v) is 6.18. The minimum Gasteiger partial charge on any atom is -0.346 e. The van der Waals surface area contributed by atoms with Gasteiger partial charge in [-0.25, -0.2) is 4.79 Å². The number of thiol groups is 1. The summed E-state index contributed by atoms with van der Waals surface area (Å²) < 4.78 is 22.2. The van der Waals surface area contributed by atoms with Gasteiger partial charge in [0.05, 0.1) is 25.2 Å². The van der Waals surface area contributed by atoms with E-state index in [0.29, 0.717) is 38.9 Å². The van der Waals surface area contributed by atoms with Crippen molar-refractivity contribution in [1.29, 1.82) is 0 Å². The Kier molecular flexibility index (Phi) is 19.1. The maximum absolute atomic E-state index is 14.4. The van der Waals surface area contributed by atoms with E-state index >= 15 is 0 Å². The van der Waals surface area contributed by atoms with E-state index in [9.17, 15) is 28.2 Å². The minimum absolute atomic E-state index is 0.115. The molecule has 0 bridgehead atoms. The Morgan fingerprint density at radius 2 is 1.68 bits per heavy atom. The summed E-state index contributed by atoms with van der Waals surface area (Å²) in [5.41, 5.74) is -0.0671. The number of hydrogen-bond donors (Lipinski definition) is 7. The number of Topliss-reactive ketones (excluding diaryl/α,β-unsaturated/α-hetero) is 1. The molecule has 0 radical (unpaired) electrons. The highest BCUT2D eigenvalue weighted by molar-refractivity contribution is 7.77. The van der Waals surface area contributed by atoms with Gasteiger partial charge in [0.2, 0.25) is 17.6 Å². The molecule has 0 aliphatic carbocycles. The van der Waals surface area contributed by atoms with Crippen molar-refractivity contribution in [2.24, 2.45) is 16.7 Å². The van der Waals surface area contributed by atoms with Crippen LogP contribution in [0, 0.1) is 16.7 Å². The first-order valence-corrected chi connectivity index (χ1v) is 18.9. The van der Waals surface area contributed by atoms with Crippen LogP contribution in [0.5, 0.6) is 0 Å². The van der Waals surface area contributed by atoms with Gasteiger partial charge in [-0.3, -0.25) is 19.2 Å². The van der Waals surface area contributed by atoms with Crippen LogP contribution in [0.4, 0.5) is 4.79 Å². The predicted octanol–water partition coefficient (Wildman–Crippen LogP) is 1.47. The lowest BCUT2D eigenvalue weighted by Crippen LogP contribution is -2.88. The number of nitrogens with zero attached hydrogens (tertiary/aromatic N) is 1. The molecule has 0 aromatic heterocycles. The summed E-state index contributed by atoms with van der Waals surface area (Å²) in [5.74, 6) is -2.82. The van der Waals surface area contributed by atoms with E-state index in [0.717, 1.165) is 12.0 Å². The van der Waals surface area contributed by atoms with Crippen LogP contribution < -0.4 is 31.3 Å². The third-order valence-electron chi connectivity index (χ3n) is 8.63. The average Bonchev–Trinajstić information content (AvgIpc) is 3.42. The number of quaternary nitrogens is 1. The molecule has 1 aliphatic rings. The van der Waals surface area contributed by atoms with Gasteiger partial charge in [0.15, 0.2) is 0 Å². The number of hydrogen-bond acceptors (Lipinski definition) is 6. The molecule has 0 saturated carbocycles. The van der Waals surface area contributed by atoms with Crippen LogP contribution in [-0.4, -0.2) is 95.9 Å². The number of rotatable bonds is 20. The highest BCUT2D eigenvalue weighted by atomic mass is 32.2. The summed E-state index contributed by atoms with van der Waals surface area (Å²) >= 11 is -2.38. The molecule has 1 aliphatic heterocycles. The van der Waals surface area contributed by atoms with Crippen molar-refractivity contribution < 1.29 is 38.1 Å². The molecule has 0 spiro atoms. The Bertz CT molecular complexity index is 1220. The van der Waals surface area contributed by atoms with Crippen LogP contribution in [0.3, 0.4) is 0 Å². The highest BCUT2D eigenvalue weighted by Crippen LogP contribution is 2.31. The Labute approximate surface area is 301 Å². The largest absolute Gasteiger partial charge is 0.346 e. The summed E-state index contributed by atoms with van der Waals surface area (Å²) in [6, 6.07) is -3.77. The third kappa shape index (κ3) is 15.4. The molecule has 1 saturated heterocycles. The molecule has 1 rings (SSSR count). The van der Waals surface area contributed by atoms with Gasteiger partial charge >= 0.3 is 6.03 Å². The molecule has 50 heavy (non-hydrogen) atoms. The first-order valence-electron chi connectivity index (χ1n) is 17.7. The van der Waals surface area contributed by atoms with Gasteiger partial charge in [-0.05, 0) is 41.7 Å². The quantitative estimate of drug-likeness (QED) is 0.0324. The molecule has 8 N–H and O–H groups in total. The monoisotopic (exact) mass is 727 g/mol. The van der Waals surface area contributed by atoms with Crippen molar-refractivity contribution in [3.8, 4) is 0 Å². The van der Waals surface area contributed by atoms with Crippen LogP contribution in [0.25, 0.3) is 0 Å². The van der Waals surface area contributed by atoms with Crippen molar-refractivity contribution in [1.82, 2.24) is 30.9 Å². The number of unbranched alkanes of at least 4 members (excludes halogenated alkanes) is 1. The molecule has 0 aromatic rings. The van der Waals surface area contributed by atoms with Gasteiger partial charge in [0, 0.05) is 32.0 Å². The van der Waals surface area contributed by atoms with Crippen LogP contribution in [0.1, 0.15) is 94.4 Å². The molecule has 0 aromatic carbocycles. The van der Waals surface area contributed by atoms with Crippen LogP contribution >= 0.6 is 0 Å². The van der Waals surface area contributed by atoms with E-state index in [2.05, 4.69) is 32.6 Å². The zero-order chi connectivity index (χ0) is 38.2. The van der Waals surface area contributed by atoms with Crippen LogP contribution in [0.15, 0.2) is 24.3 Å². The second kappa shape index (κ2) is 21.3. The van der Waals surface area contributed by atoms with Crippen molar-refractivity contribution in [2.75, 3.05) is 32.7 Å². The van der Waals surface area contributed by atoms with E-state index in [1.165, 1.54) is 11.0 Å². The molecular formula is C35H65N7O7S+2. The Morgan fingerprint density at radius 1 is 1.02 bits per heavy atom. The van der Waals surface area contributed by atoms with Crippen LogP contribution in [0.2, 0.25) is 0 Å². The Balaban J connectivity index is 3.27. The number of carbonyl (C=O) groups excluding carboxylic acids is 5. The van der Waals surface area contributed by atoms with Gasteiger partial charge in [0.25, 0.3) is 17.2 Å². The number of nitrogens with one attached hydrogen (secondary N) is 5. The molecule has 15 heteroatoms. The second-order valence-corrected chi connectivity index (χ2v) is 16.3. The zero-order valence-corrected chi connectivity index (χ0v) is 32.6. The van der Waals surface area contributed by atoms with Crippen molar-refractivity contribution >= 4 is 40.8 Å². The van der Waals surface area contributed by atoms with Crippen molar-refractivity contribution in [3.63, 3.8) is 0 Å². The molecule has 1 heterocycles. The first-order chi connectivity index (χ1) is 23.2. The van der Waals surface area contributed by atoms with Gasteiger partial charge in [-0.2, -0.15) is 4.55 Å². The number of amides is 5. The minimum atomic E-state index is -2.38. The summed E-state index contributed by atoms with van der Waals surface area (Å²) in [4.78, 5) is 69.1. The lowest BCUT2D eigenvalue weighted by molar-refractivity contribution is -0.658. The molecule has 3 unspecified atom stereocenters. The summed E-state index contributed by atoms with van der Waals surface area (Å²) in [7, 11) is 0. The molecule has 14 nitrogen and oxygen atoms in total. The zero-order valence-electron chi connectivity index (χ0n) is 31.7. The first kappa shape index (κ1) is 44.9. The van der Waals surface area contributed by atoms with E-state index in [4.69, 9.17) is 4.55 Å². The molecule has 6 atom stereocenters. The third-order valence-corrected chi connectivity index (χ3v) is 9.12. The Hall–Kier alpha value is -3.14. The van der Waals surface area contributed by atoms with Crippen molar-refractivity contribution in [3.05, 3.63) is 24.3 Å². The molecule has 1 fully saturated rings. The van der Waals surface area contributed by atoms with E-state index in [1.54, 1.807) is 0 Å². The maximum Gasteiger partial charge on any atom is 0.315 e. The van der Waals surface area contributed by atoms with Crippen LogP contribution in [-0.2, 0) is 34.7 Å². The summed E-state index contributed by atoms with van der Waals surface area (Å²) in [6.45, 7) is 22.9. The van der Waals surface area contributed by atoms with E-state index in [-0.39, 0.29) is 36.9 Å². The van der Waals surface area contributed by atoms with Gasteiger partial charge in [-0.1, -0.05) is 79.0 Å². The topological polar surface area (TPSA) is 203 Å². The Morgan fingerprint density at radius 3 is 2.22 bits per heavy atom. The molecular weight excluding hydrogens is 662 g/mol. The fraction of sp³-hybridized carbons (Fsp3) is 0.743. The number of carbonyl (C=O) groups is 5. The van der Waals surface area contributed by atoms with E-state index in [1.807, 2.05) is 73.7 Å². The molecule has 5 amide bonds. The number of ketones is 1. The predicted molar refractivity (Wildman–Crippen MR) is 197 cm³/mol. The second-order valence-electron chi connectivity index (χ2n) is 15.4. The number of urea groups is 1. The van der Waals surface area contributed by atoms with Gasteiger partial charge in [0.1, 0.15) is 12.1 Å². The average molecular weight is 728 g/mol. The number of likely N-dealkylation sites (tertiary alicyclic amines) is 1. The normalized spacial score (nSPS) is 18.6. The smallest absolute Gasteiger partial charge is 0.315 e. The SMILES string of the molecule is C=CCNC(=O)C(=O)C(CCCC)NC(=O)C1[C@@H](C=C(C)C)CCN1C(=O)[C@@H](NC(=O)N[C@H](C[NH2+]CCCN[SH+](=O)O)C(C)(C)C)C(C)(C)C.